The molecule has 0 saturated heterocycles. The van der Waals surface area contributed by atoms with Crippen molar-refractivity contribution >= 4 is 22.3 Å². The molecule has 0 fully saturated rings. The molecule has 0 bridgehead atoms. The number of rotatable bonds is 4. The van der Waals surface area contributed by atoms with Crippen molar-refractivity contribution in [3.63, 3.8) is 0 Å². The Morgan fingerprint density at radius 1 is 1.12 bits per heavy atom. The first kappa shape index (κ1) is 15.4. The Morgan fingerprint density at radius 3 is 2.72 bits per heavy atom. The Balaban J connectivity index is 1.59. The largest absolute Gasteiger partial charge is 0.441 e. The number of hydrogen-bond acceptors (Lipinski definition) is 5. The van der Waals surface area contributed by atoms with Gasteiger partial charge in [-0.05, 0) is 18.6 Å². The second-order valence-electron chi connectivity index (χ2n) is 5.99. The quantitative estimate of drug-likeness (QED) is 0.558. The first-order valence-corrected chi connectivity index (χ1v) is 8.01. The maximum absolute atomic E-state index is 12.4. The lowest BCUT2D eigenvalue weighted by molar-refractivity contribution is 0.505. The minimum Gasteiger partial charge on any atom is -0.441 e. The number of oxazole rings is 1. The highest BCUT2D eigenvalue weighted by Crippen LogP contribution is 2.16. The predicted octanol–water partition coefficient (Wildman–Crippen LogP) is 1.21. The number of aromatic nitrogens is 5. The molecule has 0 aliphatic heterocycles. The summed E-state index contributed by atoms with van der Waals surface area (Å²) in [6, 6.07) is 7.64. The van der Waals surface area contributed by atoms with Crippen LogP contribution in [0.5, 0.6) is 0 Å². The summed E-state index contributed by atoms with van der Waals surface area (Å²) in [6.07, 6.45) is 2.99. The maximum Gasteiger partial charge on any atom is 0.332 e. The van der Waals surface area contributed by atoms with Gasteiger partial charge in [0.25, 0.3) is 5.56 Å². The fourth-order valence-electron chi connectivity index (χ4n) is 2.99. The van der Waals surface area contributed by atoms with E-state index in [-0.39, 0.29) is 11.2 Å². The summed E-state index contributed by atoms with van der Waals surface area (Å²) >= 11 is 0. The molecule has 0 saturated carbocycles. The molecule has 0 unspecified atom stereocenters. The topological polar surface area (TPSA) is 87.8 Å². The van der Waals surface area contributed by atoms with E-state index in [1.807, 2.05) is 24.3 Å². The minimum atomic E-state index is -0.380. The second-order valence-corrected chi connectivity index (χ2v) is 5.99. The lowest BCUT2D eigenvalue weighted by Crippen LogP contribution is -2.37. The van der Waals surface area contributed by atoms with E-state index < -0.39 is 0 Å². The van der Waals surface area contributed by atoms with Gasteiger partial charge in [0.2, 0.25) is 0 Å². The Kier molecular flexibility index (Phi) is 3.52. The normalized spacial score (nSPS) is 11.6. The van der Waals surface area contributed by atoms with Crippen molar-refractivity contribution < 1.29 is 4.42 Å². The maximum atomic E-state index is 12.4. The third-order valence-electron chi connectivity index (χ3n) is 4.35. The molecule has 3 heterocycles. The van der Waals surface area contributed by atoms with Gasteiger partial charge in [-0.1, -0.05) is 12.1 Å². The van der Waals surface area contributed by atoms with Crippen molar-refractivity contribution in [2.45, 2.75) is 19.4 Å². The van der Waals surface area contributed by atoms with E-state index in [2.05, 4.69) is 9.97 Å². The van der Waals surface area contributed by atoms with Gasteiger partial charge in [0.15, 0.2) is 22.6 Å². The molecule has 4 aromatic rings. The van der Waals surface area contributed by atoms with Gasteiger partial charge in [-0.15, -0.1) is 0 Å². The van der Waals surface area contributed by atoms with Crippen LogP contribution in [0.15, 0.2) is 44.6 Å². The van der Waals surface area contributed by atoms with Gasteiger partial charge in [-0.2, -0.15) is 0 Å². The molecular formula is C17H17N5O3. The van der Waals surface area contributed by atoms with E-state index in [0.29, 0.717) is 30.0 Å². The lowest BCUT2D eigenvalue weighted by Gasteiger charge is -2.06. The zero-order valence-corrected chi connectivity index (χ0v) is 14.0. The fourth-order valence-corrected chi connectivity index (χ4v) is 2.99. The van der Waals surface area contributed by atoms with Gasteiger partial charge in [-0.25, -0.2) is 14.8 Å². The third-order valence-corrected chi connectivity index (χ3v) is 4.35. The molecule has 8 nitrogen and oxygen atoms in total. The van der Waals surface area contributed by atoms with Crippen molar-refractivity contribution in [2.24, 2.45) is 14.1 Å². The molecule has 25 heavy (non-hydrogen) atoms. The van der Waals surface area contributed by atoms with Crippen LogP contribution in [-0.4, -0.2) is 23.7 Å². The molecule has 0 atom stereocenters. The number of imidazole rings is 1. The van der Waals surface area contributed by atoms with Crippen LogP contribution >= 0.6 is 0 Å². The number of hydrogen-bond donors (Lipinski definition) is 0. The van der Waals surface area contributed by atoms with Crippen LogP contribution in [0.25, 0.3) is 22.3 Å². The molecule has 128 valence electrons. The summed E-state index contributed by atoms with van der Waals surface area (Å²) in [4.78, 5) is 33.0. The van der Waals surface area contributed by atoms with Crippen molar-refractivity contribution in [3.8, 4) is 0 Å². The molecule has 4 rings (SSSR count). The van der Waals surface area contributed by atoms with Crippen molar-refractivity contribution in [1.82, 2.24) is 23.7 Å². The number of fused-ring (bicyclic) bond motifs is 2. The van der Waals surface area contributed by atoms with E-state index in [0.717, 1.165) is 22.1 Å². The molecule has 0 spiro atoms. The zero-order valence-electron chi connectivity index (χ0n) is 14.0. The summed E-state index contributed by atoms with van der Waals surface area (Å²) in [6.45, 7) is 0.586. The molecule has 0 aliphatic rings. The van der Waals surface area contributed by atoms with Crippen LogP contribution in [-0.2, 0) is 27.1 Å². The van der Waals surface area contributed by atoms with Gasteiger partial charge in [0.1, 0.15) is 5.52 Å². The minimum absolute atomic E-state index is 0.336. The summed E-state index contributed by atoms with van der Waals surface area (Å²) in [5.41, 5.74) is 1.73. The van der Waals surface area contributed by atoms with Gasteiger partial charge >= 0.3 is 5.69 Å². The Morgan fingerprint density at radius 2 is 1.92 bits per heavy atom. The highest BCUT2D eigenvalue weighted by Gasteiger charge is 2.14. The van der Waals surface area contributed by atoms with E-state index in [4.69, 9.17) is 4.42 Å². The van der Waals surface area contributed by atoms with E-state index in [1.165, 1.54) is 11.6 Å². The summed E-state index contributed by atoms with van der Waals surface area (Å²) in [5, 5.41) is 0. The van der Waals surface area contributed by atoms with E-state index in [1.54, 1.807) is 17.9 Å². The van der Waals surface area contributed by atoms with E-state index >= 15 is 0 Å². The molecule has 8 heteroatoms. The van der Waals surface area contributed by atoms with Crippen LogP contribution in [0.1, 0.15) is 12.3 Å². The van der Waals surface area contributed by atoms with Crippen molar-refractivity contribution in [3.05, 3.63) is 57.3 Å². The zero-order chi connectivity index (χ0) is 17.6. The van der Waals surface area contributed by atoms with Crippen LogP contribution in [0.2, 0.25) is 0 Å². The number of nitrogens with zero attached hydrogens (tertiary/aromatic N) is 5. The number of para-hydroxylation sites is 2. The van der Waals surface area contributed by atoms with E-state index in [9.17, 15) is 9.59 Å². The highest BCUT2D eigenvalue weighted by atomic mass is 16.3. The van der Waals surface area contributed by atoms with Crippen molar-refractivity contribution in [1.29, 1.82) is 0 Å². The predicted molar refractivity (Wildman–Crippen MR) is 92.5 cm³/mol. The van der Waals surface area contributed by atoms with Crippen LogP contribution in [0.4, 0.5) is 0 Å². The molecule has 0 aliphatic carbocycles. The summed E-state index contributed by atoms with van der Waals surface area (Å²) in [5.74, 6) is 0.672. The third kappa shape index (κ3) is 2.46. The number of aryl methyl sites for hydroxylation is 3. The van der Waals surface area contributed by atoms with Crippen LogP contribution in [0.3, 0.4) is 0 Å². The highest BCUT2D eigenvalue weighted by molar-refractivity contribution is 5.72. The van der Waals surface area contributed by atoms with Crippen LogP contribution < -0.4 is 11.2 Å². The van der Waals surface area contributed by atoms with Gasteiger partial charge < -0.3 is 8.98 Å². The fraction of sp³-hybridized carbons (Fsp3) is 0.294. The first-order valence-electron chi connectivity index (χ1n) is 8.01. The Labute approximate surface area is 142 Å². The van der Waals surface area contributed by atoms with Gasteiger partial charge in [0.05, 0.1) is 6.33 Å². The molecule has 0 radical (unpaired) electrons. The van der Waals surface area contributed by atoms with Gasteiger partial charge in [0, 0.05) is 27.1 Å². The Hall–Kier alpha value is -3.16. The monoisotopic (exact) mass is 339 g/mol. The van der Waals surface area contributed by atoms with Crippen LogP contribution in [0, 0.1) is 0 Å². The molecule has 3 aromatic heterocycles. The average molecular weight is 339 g/mol. The second kappa shape index (κ2) is 5.73. The average Bonchev–Trinajstić information content (AvgIpc) is 3.22. The standard InChI is InChI=1S/C17H17N5O3/c1-20-15-14(16(23)21(2)17(20)24)22(10-18-15)9-5-8-13-19-11-6-3-4-7-12(11)25-13/h3-4,6-7,10H,5,8-9H2,1-2H3. The smallest absolute Gasteiger partial charge is 0.332 e. The molecular weight excluding hydrogens is 322 g/mol. The SMILES string of the molecule is Cn1c(=O)c2c(ncn2CCCc2nc3ccccc3o2)n(C)c1=O. The molecule has 1 aromatic carbocycles. The molecule has 0 N–H and O–H groups in total. The summed E-state index contributed by atoms with van der Waals surface area (Å²) in [7, 11) is 3.08. The Bertz CT molecular complexity index is 1160. The lowest BCUT2D eigenvalue weighted by atomic mass is 10.3. The first-order chi connectivity index (χ1) is 12.1. The van der Waals surface area contributed by atoms with Crippen molar-refractivity contribution in [2.75, 3.05) is 0 Å². The molecule has 0 amide bonds. The number of benzene rings is 1. The summed E-state index contributed by atoms with van der Waals surface area (Å²) < 4.78 is 9.96. The van der Waals surface area contributed by atoms with Gasteiger partial charge in [-0.3, -0.25) is 13.9 Å².